The molecule has 2 aromatic carbocycles. The summed E-state index contributed by atoms with van der Waals surface area (Å²) in [7, 11) is -3.38. The molecule has 128 valence electrons. The van der Waals surface area contributed by atoms with E-state index in [4.69, 9.17) is 0 Å². The lowest BCUT2D eigenvalue weighted by atomic mass is 10.1. The third kappa shape index (κ3) is 5.04. The van der Waals surface area contributed by atoms with Crippen molar-refractivity contribution in [2.75, 3.05) is 11.0 Å². The monoisotopic (exact) mass is 371 g/mol. The summed E-state index contributed by atoms with van der Waals surface area (Å²) in [5, 5.41) is -0.511. The van der Waals surface area contributed by atoms with Gasteiger partial charge >= 0.3 is 0 Å². The van der Waals surface area contributed by atoms with Gasteiger partial charge in [-0.2, -0.15) is 0 Å². The van der Waals surface area contributed by atoms with Crippen molar-refractivity contribution in [3.8, 4) is 0 Å². The molecular weight excluding hydrogens is 356 g/mol. The van der Waals surface area contributed by atoms with Crippen molar-refractivity contribution < 1.29 is 22.0 Å². The molecule has 0 radical (unpaired) electrons. The number of hydrogen-bond donors (Lipinski definition) is 1. The van der Waals surface area contributed by atoms with Gasteiger partial charge in [0.2, 0.25) is 10.0 Å². The van der Waals surface area contributed by atoms with Crippen LogP contribution in [0.2, 0.25) is 0 Å². The number of carbonyl (C=O) groups excluding carboxylic acids is 1. The largest absolute Gasteiger partial charge is 0.293 e. The number of thioether (sulfide) groups is 1. The first-order valence-electron chi connectivity index (χ1n) is 6.89. The Balaban J connectivity index is 2.08. The van der Waals surface area contributed by atoms with E-state index in [1.54, 1.807) is 6.92 Å². The predicted octanol–water partition coefficient (Wildman–Crippen LogP) is 3.70. The van der Waals surface area contributed by atoms with Crippen molar-refractivity contribution in [2.24, 2.45) is 0 Å². The second-order valence-corrected chi connectivity index (χ2v) is 8.31. The Hall–Kier alpha value is -1.93. The van der Waals surface area contributed by atoms with Crippen LogP contribution in [0.25, 0.3) is 0 Å². The van der Waals surface area contributed by atoms with Crippen LogP contribution in [0, 0.1) is 11.6 Å². The molecule has 8 heteroatoms. The van der Waals surface area contributed by atoms with E-state index in [0.717, 1.165) is 30.2 Å². The summed E-state index contributed by atoms with van der Waals surface area (Å²) in [6.45, 7) is 1.66. The summed E-state index contributed by atoms with van der Waals surface area (Å²) in [4.78, 5) is 12.8. The molecule has 0 bridgehead atoms. The molecule has 2 aromatic rings. The number of halogens is 2. The van der Waals surface area contributed by atoms with Crippen LogP contribution < -0.4 is 4.72 Å². The zero-order valence-corrected chi connectivity index (χ0v) is 14.5. The van der Waals surface area contributed by atoms with Gasteiger partial charge in [0.25, 0.3) is 0 Å². The lowest BCUT2D eigenvalue weighted by Crippen LogP contribution is -2.14. The maximum absolute atomic E-state index is 13.2. The van der Waals surface area contributed by atoms with Gasteiger partial charge in [-0.05, 0) is 49.4 Å². The molecule has 0 saturated carbocycles. The number of nitrogens with one attached hydrogen (secondary N) is 1. The zero-order chi connectivity index (χ0) is 17.9. The number of ketones is 1. The minimum Gasteiger partial charge on any atom is -0.293 e. The molecule has 4 nitrogen and oxygen atoms in total. The van der Waals surface area contributed by atoms with Crippen molar-refractivity contribution in [3.05, 3.63) is 59.7 Å². The molecule has 24 heavy (non-hydrogen) atoms. The molecule has 0 aliphatic rings. The Morgan fingerprint density at radius 3 is 2.25 bits per heavy atom. The van der Waals surface area contributed by atoms with E-state index in [-0.39, 0.29) is 5.78 Å². The first kappa shape index (κ1) is 18.4. The molecule has 0 aliphatic carbocycles. The molecule has 0 spiro atoms. The topological polar surface area (TPSA) is 63.2 Å². The average Bonchev–Trinajstić information content (AvgIpc) is 2.49. The first-order valence-corrected chi connectivity index (χ1v) is 9.66. The minimum absolute atomic E-state index is 0.198. The highest BCUT2D eigenvalue weighted by Crippen LogP contribution is 2.27. The van der Waals surface area contributed by atoms with Crippen LogP contribution >= 0.6 is 11.8 Å². The third-order valence-electron chi connectivity index (χ3n) is 3.05. The fourth-order valence-electron chi connectivity index (χ4n) is 1.96. The molecule has 1 unspecified atom stereocenters. The zero-order valence-electron chi connectivity index (χ0n) is 12.9. The number of benzene rings is 2. The quantitative estimate of drug-likeness (QED) is 0.621. The predicted molar refractivity (Wildman–Crippen MR) is 90.9 cm³/mol. The van der Waals surface area contributed by atoms with E-state index in [2.05, 4.69) is 4.72 Å². The molecule has 0 heterocycles. The van der Waals surface area contributed by atoms with Gasteiger partial charge in [0, 0.05) is 16.1 Å². The Kier molecular flexibility index (Phi) is 5.61. The molecule has 1 atom stereocenters. The molecule has 0 amide bonds. The number of sulfonamides is 1. The summed E-state index contributed by atoms with van der Waals surface area (Å²) in [5.74, 6) is -2.10. The molecule has 2 rings (SSSR count). The summed E-state index contributed by atoms with van der Waals surface area (Å²) in [6.07, 6.45) is 1.03. The number of Topliss-reactive ketones (excluding diaryl/α,β-unsaturated/α-hetero) is 1. The van der Waals surface area contributed by atoms with E-state index < -0.39 is 26.9 Å². The maximum Gasteiger partial charge on any atom is 0.229 e. The minimum atomic E-state index is -3.38. The van der Waals surface area contributed by atoms with Gasteiger partial charge < -0.3 is 0 Å². The molecule has 0 aromatic heterocycles. The Morgan fingerprint density at radius 2 is 1.71 bits per heavy atom. The highest BCUT2D eigenvalue weighted by molar-refractivity contribution is 8.00. The van der Waals surface area contributed by atoms with Crippen LogP contribution in [-0.2, 0) is 10.0 Å². The second-order valence-electron chi connectivity index (χ2n) is 5.15. The molecule has 0 saturated heterocycles. The second kappa shape index (κ2) is 7.31. The molecule has 1 N–H and O–H groups in total. The third-order valence-corrected chi connectivity index (χ3v) is 4.75. The van der Waals surface area contributed by atoms with Gasteiger partial charge in [0.15, 0.2) is 17.4 Å². The summed E-state index contributed by atoms with van der Waals surface area (Å²) >= 11 is 1.12. The molecular formula is C16H15F2NO3S2. The van der Waals surface area contributed by atoms with E-state index in [1.807, 2.05) is 0 Å². The van der Waals surface area contributed by atoms with Gasteiger partial charge in [-0.25, -0.2) is 17.2 Å². The highest BCUT2D eigenvalue weighted by Gasteiger charge is 2.17. The van der Waals surface area contributed by atoms with Gasteiger partial charge in [-0.1, -0.05) is 0 Å². The lowest BCUT2D eigenvalue weighted by Gasteiger charge is -2.11. The van der Waals surface area contributed by atoms with Crippen molar-refractivity contribution in [1.29, 1.82) is 0 Å². The fourth-order valence-corrected chi connectivity index (χ4v) is 3.49. The van der Waals surface area contributed by atoms with Crippen molar-refractivity contribution in [2.45, 2.75) is 17.1 Å². The van der Waals surface area contributed by atoms with Crippen LogP contribution in [0.4, 0.5) is 14.5 Å². The fraction of sp³-hybridized carbons (Fsp3) is 0.188. The highest BCUT2D eigenvalue weighted by atomic mass is 32.2. The number of hydrogen-bond acceptors (Lipinski definition) is 4. The van der Waals surface area contributed by atoms with E-state index in [9.17, 15) is 22.0 Å². The summed E-state index contributed by atoms with van der Waals surface area (Å²) < 4.78 is 50.7. The standard InChI is InChI=1S/C16H15F2NO3S2/c1-10(23-13-7-8-14(17)15(18)9-13)16(20)11-3-5-12(6-4-11)19-24(2,21)22/h3-10,19H,1-2H3. The van der Waals surface area contributed by atoms with Crippen molar-refractivity contribution in [1.82, 2.24) is 0 Å². The van der Waals surface area contributed by atoms with Crippen molar-refractivity contribution in [3.63, 3.8) is 0 Å². The van der Waals surface area contributed by atoms with Crippen LogP contribution in [0.5, 0.6) is 0 Å². The van der Waals surface area contributed by atoms with Crippen LogP contribution in [-0.4, -0.2) is 25.7 Å². The van der Waals surface area contributed by atoms with E-state index in [1.165, 1.54) is 30.3 Å². The number of rotatable bonds is 6. The molecule has 0 aliphatic heterocycles. The molecule has 0 fully saturated rings. The Bertz CT molecular complexity index is 852. The smallest absolute Gasteiger partial charge is 0.229 e. The van der Waals surface area contributed by atoms with Gasteiger partial charge in [0.05, 0.1) is 11.5 Å². The van der Waals surface area contributed by atoms with E-state index in [0.29, 0.717) is 16.1 Å². The van der Waals surface area contributed by atoms with Gasteiger partial charge in [-0.3, -0.25) is 9.52 Å². The SMILES string of the molecule is CC(Sc1ccc(F)c(F)c1)C(=O)c1ccc(NS(C)(=O)=O)cc1. The van der Waals surface area contributed by atoms with Crippen LogP contribution in [0.15, 0.2) is 47.4 Å². The number of carbonyl (C=O) groups is 1. The normalized spacial score (nSPS) is 12.7. The van der Waals surface area contributed by atoms with Crippen LogP contribution in [0.3, 0.4) is 0 Å². The Morgan fingerprint density at radius 1 is 1.08 bits per heavy atom. The van der Waals surface area contributed by atoms with Gasteiger partial charge in [0.1, 0.15) is 0 Å². The first-order chi connectivity index (χ1) is 11.2. The summed E-state index contributed by atoms with van der Waals surface area (Å²) in [6, 6.07) is 9.47. The average molecular weight is 371 g/mol. The number of anilines is 1. The van der Waals surface area contributed by atoms with Gasteiger partial charge in [-0.15, -0.1) is 11.8 Å². The van der Waals surface area contributed by atoms with Crippen LogP contribution in [0.1, 0.15) is 17.3 Å². The lowest BCUT2D eigenvalue weighted by molar-refractivity contribution is 0.0994. The van der Waals surface area contributed by atoms with E-state index >= 15 is 0 Å². The Labute approximate surface area is 143 Å². The van der Waals surface area contributed by atoms with Crippen molar-refractivity contribution >= 4 is 33.3 Å². The summed E-state index contributed by atoms with van der Waals surface area (Å²) in [5.41, 5.74) is 0.756. The maximum atomic E-state index is 13.2.